The van der Waals surface area contributed by atoms with Gasteiger partial charge >= 0.3 is 36.3 Å². The number of ketones is 2. The summed E-state index contributed by atoms with van der Waals surface area (Å²) < 4.78 is 131. The third-order valence-corrected chi connectivity index (χ3v) is 1.16. The Morgan fingerprint density at radius 1 is 0.625 bits per heavy atom. The van der Waals surface area contributed by atoms with Crippen molar-refractivity contribution < 1.29 is 67.4 Å². The lowest BCUT2D eigenvalue weighted by Gasteiger charge is -2.06. The number of hydrogen-bond acceptors (Lipinski definition) is 4. The number of nitrogens with two attached hydrogens (primary N) is 1. The quantitative estimate of drug-likeness (QED) is 0.671. The van der Waals surface area contributed by atoms with Gasteiger partial charge in [0.1, 0.15) is 0 Å². The lowest BCUT2D eigenvalue weighted by Crippen LogP contribution is -2.36. The first-order valence-corrected chi connectivity index (χ1v) is 4.90. The van der Waals surface area contributed by atoms with Gasteiger partial charge in [-0.05, 0) is 0 Å². The number of halogens is 12. The minimum atomic E-state index is -5.82. The number of carbonyl (C=O) groups is 2. The molecule has 4 nitrogen and oxygen atoms in total. The van der Waals surface area contributed by atoms with Crippen LogP contribution in [0, 0.1) is 0 Å². The van der Waals surface area contributed by atoms with Crippen molar-refractivity contribution in [3.63, 3.8) is 0 Å². The molecule has 0 radical (unpaired) electrons. The highest BCUT2D eigenvalue weighted by atomic mass is 19.4. The summed E-state index contributed by atoms with van der Waals surface area (Å²) in [5, 5.41) is 7.75. The van der Waals surface area contributed by atoms with E-state index >= 15 is 0 Å². The van der Waals surface area contributed by atoms with Gasteiger partial charge in [0.25, 0.3) is 0 Å². The van der Waals surface area contributed by atoms with E-state index in [-0.39, 0.29) is 6.61 Å². The Morgan fingerprint density at radius 3 is 0.750 bits per heavy atom. The molecule has 16 heteroatoms. The van der Waals surface area contributed by atoms with E-state index in [0.717, 1.165) is 0 Å². The van der Waals surface area contributed by atoms with Gasteiger partial charge in [-0.1, -0.05) is 0 Å². The van der Waals surface area contributed by atoms with Gasteiger partial charge in [0.05, 0.1) is 6.61 Å². The Kier molecular flexibility index (Phi) is 11.0. The van der Waals surface area contributed by atoms with Crippen molar-refractivity contribution in [1.82, 2.24) is 0 Å². The second kappa shape index (κ2) is 9.65. The maximum Gasteiger partial charge on any atom is 0.459 e. The van der Waals surface area contributed by atoms with E-state index < -0.39 is 36.3 Å². The highest BCUT2D eigenvalue weighted by Crippen LogP contribution is 2.28. The van der Waals surface area contributed by atoms with Crippen LogP contribution in [-0.2, 0) is 9.59 Å². The molecule has 0 saturated carbocycles. The van der Waals surface area contributed by atoms with Gasteiger partial charge in [-0.3, -0.25) is 9.59 Å². The minimum Gasteiger partial charge on any atom is -0.395 e. The van der Waals surface area contributed by atoms with Crippen LogP contribution < -0.4 is 5.73 Å². The van der Waals surface area contributed by atoms with Crippen molar-refractivity contribution in [1.29, 1.82) is 0 Å². The Bertz CT molecular complexity index is 321. The molecule has 0 spiro atoms. The third-order valence-electron chi connectivity index (χ3n) is 1.16. The second-order valence-electron chi connectivity index (χ2n) is 3.16. The highest BCUT2D eigenvalue weighted by molar-refractivity contribution is 5.89. The molecule has 0 amide bonds. The molecule has 0 fully saturated rings. The standard InChI is InChI=1S/2C3F6O.C2H7NO/c2*4-2(5,6)1(10)3(7,8)9;3-1-2-4/h;;4H,1-3H2. The average Bonchev–Trinajstić information content (AvgIpc) is 2.33. The summed E-state index contributed by atoms with van der Waals surface area (Å²) in [6, 6.07) is 0. The second-order valence-corrected chi connectivity index (χ2v) is 3.16. The van der Waals surface area contributed by atoms with Crippen LogP contribution in [0.3, 0.4) is 0 Å². The van der Waals surface area contributed by atoms with Crippen LogP contribution in [0.4, 0.5) is 52.7 Å². The van der Waals surface area contributed by atoms with Crippen molar-refractivity contribution in [3.8, 4) is 0 Å². The molecule has 0 saturated heterocycles. The van der Waals surface area contributed by atoms with Crippen LogP contribution in [0.15, 0.2) is 0 Å². The van der Waals surface area contributed by atoms with E-state index in [1.54, 1.807) is 0 Å². The van der Waals surface area contributed by atoms with Crippen LogP contribution in [0.25, 0.3) is 0 Å². The summed E-state index contributed by atoms with van der Waals surface area (Å²) >= 11 is 0. The molecule has 0 aliphatic rings. The smallest absolute Gasteiger partial charge is 0.395 e. The zero-order chi connectivity index (χ0) is 20.6. The van der Waals surface area contributed by atoms with Gasteiger partial charge in [-0.15, -0.1) is 0 Å². The molecule has 0 aliphatic carbocycles. The van der Waals surface area contributed by atoms with Crippen molar-refractivity contribution in [3.05, 3.63) is 0 Å². The fraction of sp³-hybridized carbons (Fsp3) is 0.750. The minimum absolute atomic E-state index is 0.0972. The molecule has 0 rings (SSSR count). The van der Waals surface area contributed by atoms with Crippen LogP contribution >= 0.6 is 0 Å². The number of carbonyl (C=O) groups excluding carboxylic acids is 2. The van der Waals surface area contributed by atoms with Gasteiger partial charge in [0.2, 0.25) is 0 Å². The first-order chi connectivity index (χ1) is 10.2. The number of aliphatic hydroxyl groups excluding tert-OH is 1. The maximum atomic E-state index is 10.9. The molecule has 0 atom stereocenters. The van der Waals surface area contributed by atoms with E-state index in [1.807, 2.05) is 0 Å². The number of Topliss-reactive ketones (excluding diaryl/α,β-unsaturated/α-hetero) is 2. The van der Waals surface area contributed by atoms with Gasteiger partial charge in [-0.2, -0.15) is 52.7 Å². The first-order valence-electron chi connectivity index (χ1n) is 4.90. The monoisotopic (exact) mass is 393 g/mol. The Morgan fingerprint density at radius 2 is 0.750 bits per heavy atom. The maximum absolute atomic E-state index is 10.9. The molecule has 0 unspecified atom stereocenters. The zero-order valence-electron chi connectivity index (χ0n) is 10.8. The highest BCUT2D eigenvalue weighted by Gasteiger charge is 2.56. The van der Waals surface area contributed by atoms with Crippen LogP contribution in [0.1, 0.15) is 0 Å². The molecule has 0 aliphatic heterocycles. The predicted octanol–water partition coefficient (Wildman–Crippen LogP) is 2.30. The van der Waals surface area contributed by atoms with Gasteiger partial charge in [0, 0.05) is 6.54 Å². The normalized spacial score (nSPS) is 12.4. The molecule has 0 aromatic carbocycles. The molecule has 0 aromatic heterocycles. The molecule has 0 bridgehead atoms. The van der Waals surface area contributed by atoms with E-state index in [9.17, 15) is 62.3 Å². The fourth-order valence-electron chi connectivity index (χ4n) is 0.321. The fourth-order valence-corrected chi connectivity index (χ4v) is 0.321. The lowest BCUT2D eigenvalue weighted by atomic mass is 10.4. The van der Waals surface area contributed by atoms with Crippen molar-refractivity contribution in [2.45, 2.75) is 24.7 Å². The average molecular weight is 393 g/mol. The molecular formula is C8H7F12NO3. The lowest BCUT2D eigenvalue weighted by molar-refractivity contribution is -0.217. The number of aliphatic hydroxyl groups is 1. The summed E-state index contributed by atoms with van der Waals surface area (Å²) in [5.74, 6) is -7.36. The molecule has 24 heavy (non-hydrogen) atoms. The number of hydrogen-bond donors (Lipinski definition) is 2. The Balaban J connectivity index is -0.000000301. The predicted molar refractivity (Wildman–Crippen MR) is 50.4 cm³/mol. The molecule has 0 aromatic rings. The van der Waals surface area contributed by atoms with E-state index in [2.05, 4.69) is 0 Å². The Labute approximate surface area is 124 Å². The summed E-state index contributed by atoms with van der Waals surface area (Å²) in [4.78, 5) is 18.5. The molecular weight excluding hydrogens is 386 g/mol. The Hall–Kier alpha value is -1.58. The van der Waals surface area contributed by atoms with Gasteiger partial charge in [0.15, 0.2) is 0 Å². The van der Waals surface area contributed by atoms with Crippen LogP contribution in [0.5, 0.6) is 0 Å². The van der Waals surface area contributed by atoms with Crippen molar-refractivity contribution in [2.24, 2.45) is 5.73 Å². The van der Waals surface area contributed by atoms with E-state index in [0.29, 0.717) is 6.54 Å². The SMILES string of the molecule is NCCO.O=C(C(F)(F)F)C(F)(F)F.O=C(C(F)(F)F)C(F)(F)F. The number of rotatable bonds is 1. The zero-order valence-corrected chi connectivity index (χ0v) is 10.8. The largest absolute Gasteiger partial charge is 0.459 e. The summed E-state index contributed by atoms with van der Waals surface area (Å²) in [6.45, 7) is 0.472. The van der Waals surface area contributed by atoms with Crippen LogP contribution in [0.2, 0.25) is 0 Å². The molecule has 0 heterocycles. The van der Waals surface area contributed by atoms with Gasteiger partial charge < -0.3 is 10.8 Å². The van der Waals surface area contributed by atoms with Crippen LogP contribution in [-0.4, -0.2) is 54.5 Å². The van der Waals surface area contributed by atoms with E-state index in [1.165, 1.54) is 0 Å². The topological polar surface area (TPSA) is 80.4 Å². The molecule has 3 N–H and O–H groups in total. The van der Waals surface area contributed by atoms with E-state index in [4.69, 9.17) is 10.8 Å². The third kappa shape index (κ3) is 14.0. The summed E-state index contributed by atoms with van der Waals surface area (Å²) in [6.07, 6.45) is -23.3. The van der Waals surface area contributed by atoms with Crippen molar-refractivity contribution >= 4 is 11.6 Å². The summed E-state index contributed by atoms with van der Waals surface area (Å²) in [7, 11) is 0. The summed E-state index contributed by atoms with van der Waals surface area (Å²) in [5.41, 5.74) is 4.78. The number of alkyl halides is 12. The van der Waals surface area contributed by atoms with Crippen molar-refractivity contribution in [2.75, 3.05) is 13.2 Å². The molecule has 146 valence electrons. The van der Waals surface area contributed by atoms with Gasteiger partial charge in [-0.25, -0.2) is 0 Å². The first kappa shape index (κ1) is 27.3.